The van der Waals surface area contributed by atoms with Crippen LogP contribution in [0.1, 0.15) is 25.7 Å². The minimum Gasteiger partial charge on any atom is -0.480 e. The SMILES string of the molecule is O=C(O)C1CCCN1C(=O)C1CC(=O)N(C2CCS(=O)(=O)C2)C1. The van der Waals surface area contributed by atoms with Gasteiger partial charge in [-0.05, 0) is 19.3 Å². The lowest BCUT2D eigenvalue weighted by Gasteiger charge is -2.26. The standard InChI is InChI=1S/C14H20N2O6S/c17-12-6-9(7-16(12)10-3-5-23(21,22)8-10)13(18)15-4-1-2-11(15)14(19)20/h9-11H,1-8H2,(H,19,20). The molecule has 0 saturated carbocycles. The lowest BCUT2D eigenvalue weighted by Crippen LogP contribution is -2.44. The van der Waals surface area contributed by atoms with Crippen LogP contribution in [-0.2, 0) is 24.2 Å². The maximum atomic E-state index is 12.6. The van der Waals surface area contributed by atoms with Crippen molar-refractivity contribution in [1.82, 2.24) is 9.80 Å². The van der Waals surface area contributed by atoms with Crippen LogP contribution in [0.4, 0.5) is 0 Å². The largest absolute Gasteiger partial charge is 0.480 e. The first-order chi connectivity index (χ1) is 10.8. The molecule has 0 aromatic heterocycles. The minimum absolute atomic E-state index is 0.0399. The fourth-order valence-electron chi connectivity index (χ4n) is 3.79. The highest BCUT2D eigenvalue weighted by Gasteiger charge is 2.45. The van der Waals surface area contributed by atoms with E-state index in [1.54, 1.807) is 0 Å². The van der Waals surface area contributed by atoms with Gasteiger partial charge in [0.2, 0.25) is 11.8 Å². The number of rotatable bonds is 3. The zero-order chi connectivity index (χ0) is 16.8. The van der Waals surface area contributed by atoms with Crippen molar-refractivity contribution in [1.29, 1.82) is 0 Å². The Labute approximate surface area is 134 Å². The van der Waals surface area contributed by atoms with Crippen molar-refractivity contribution in [2.75, 3.05) is 24.6 Å². The number of carbonyl (C=O) groups is 3. The molecule has 3 aliphatic heterocycles. The number of carboxylic acid groups (broad SMARTS) is 1. The number of carbonyl (C=O) groups excluding carboxylic acids is 2. The van der Waals surface area contributed by atoms with Crippen molar-refractivity contribution in [3.8, 4) is 0 Å². The summed E-state index contributed by atoms with van der Waals surface area (Å²) < 4.78 is 23.1. The quantitative estimate of drug-likeness (QED) is 0.710. The molecule has 3 rings (SSSR count). The van der Waals surface area contributed by atoms with Crippen molar-refractivity contribution in [2.45, 2.75) is 37.8 Å². The molecule has 0 aromatic rings. The molecule has 23 heavy (non-hydrogen) atoms. The number of amides is 2. The fourth-order valence-corrected chi connectivity index (χ4v) is 5.52. The van der Waals surface area contributed by atoms with Gasteiger partial charge in [0.25, 0.3) is 0 Å². The van der Waals surface area contributed by atoms with Crippen molar-refractivity contribution < 1.29 is 27.9 Å². The summed E-state index contributed by atoms with van der Waals surface area (Å²) in [6.07, 6.45) is 1.54. The van der Waals surface area contributed by atoms with Gasteiger partial charge in [-0.2, -0.15) is 0 Å². The number of hydrogen-bond acceptors (Lipinski definition) is 5. The summed E-state index contributed by atoms with van der Waals surface area (Å²) in [5, 5.41) is 9.17. The van der Waals surface area contributed by atoms with E-state index < -0.39 is 27.8 Å². The zero-order valence-electron chi connectivity index (χ0n) is 12.7. The Balaban J connectivity index is 1.68. The molecule has 0 radical (unpaired) electrons. The molecule has 0 bridgehead atoms. The Morgan fingerprint density at radius 2 is 1.96 bits per heavy atom. The van der Waals surface area contributed by atoms with Gasteiger partial charge in [0.15, 0.2) is 9.84 Å². The smallest absolute Gasteiger partial charge is 0.326 e. The molecule has 1 N–H and O–H groups in total. The van der Waals surface area contributed by atoms with E-state index in [2.05, 4.69) is 0 Å². The van der Waals surface area contributed by atoms with E-state index in [4.69, 9.17) is 0 Å². The molecule has 3 aliphatic rings. The molecule has 0 spiro atoms. The summed E-state index contributed by atoms with van der Waals surface area (Å²) >= 11 is 0. The number of hydrogen-bond donors (Lipinski definition) is 1. The first kappa shape index (κ1) is 16.2. The van der Waals surface area contributed by atoms with E-state index in [0.29, 0.717) is 25.8 Å². The Hall–Kier alpha value is -1.64. The molecule has 3 saturated heterocycles. The first-order valence-electron chi connectivity index (χ1n) is 7.81. The van der Waals surface area contributed by atoms with E-state index in [9.17, 15) is 27.9 Å². The van der Waals surface area contributed by atoms with Gasteiger partial charge in [0.1, 0.15) is 6.04 Å². The van der Waals surface area contributed by atoms with Gasteiger partial charge in [0.05, 0.1) is 17.4 Å². The predicted octanol–water partition coefficient (Wildman–Crippen LogP) is -0.902. The summed E-state index contributed by atoms with van der Waals surface area (Å²) in [4.78, 5) is 38.8. The molecule has 9 heteroatoms. The van der Waals surface area contributed by atoms with Crippen molar-refractivity contribution in [3.05, 3.63) is 0 Å². The van der Waals surface area contributed by atoms with Crippen molar-refractivity contribution in [2.24, 2.45) is 5.92 Å². The summed E-state index contributed by atoms with van der Waals surface area (Å²) in [5.74, 6) is -2.05. The van der Waals surface area contributed by atoms with Gasteiger partial charge >= 0.3 is 5.97 Å². The molecule has 0 aliphatic carbocycles. The average Bonchev–Trinajstić information content (AvgIpc) is 3.15. The highest BCUT2D eigenvalue weighted by molar-refractivity contribution is 7.91. The van der Waals surface area contributed by atoms with Crippen LogP contribution in [0.15, 0.2) is 0 Å². The summed E-state index contributed by atoms with van der Waals surface area (Å²) in [6, 6.07) is -1.15. The lowest BCUT2D eigenvalue weighted by atomic mass is 10.1. The van der Waals surface area contributed by atoms with Crippen LogP contribution >= 0.6 is 0 Å². The predicted molar refractivity (Wildman–Crippen MR) is 79.2 cm³/mol. The van der Waals surface area contributed by atoms with E-state index in [0.717, 1.165) is 0 Å². The normalized spacial score (nSPS) is 33.4. The Morgan fingerprint density at radius 1 is 1.22 bits per heavy atom. The monoisotopic (exact) mass is 344 g/mol. The summed E-state index contributed by atoms with van der Waals surface area (Å²) in [5.41, 5.74) is 0. The maximum absolute atomic E-state index is 12.6. The van der Waals surface area contributed by atoms with Gasteiger partial charge in [-0.25, -0.2) is 13.2 Å². The first-order valence-corrected chi connectivity index (χ1v) is 9.64. The number of likely N-dealkylation sites (tertiary alicyclic amines) is 2. The highest BCUT2D eigenvalue weighted by Crippen LogP contribution is 2.29. The van der Waals surface area contributed by atoms with Crippen LogP contribution in [0.2, 0.25) is 0 Å². The van der Waals surface area contributed by atoms with Gasteiger partial charge in [-0.15, -0.1) is 0 Å². The minimum atomic E-state index is -3.10. The third-order valence-electron chi connectivity index (χ3n) is 4.98. The number of carboxylic acids is 1. The summed E-state index contributed by atoms with van der Waals surface area (Å²) in [7, 11) is -3.10. The number of sulfone groups is 1. The van der Waals surface area contributed by atoms with Crippen LogP contribution < -0.4 is 0 Å². The molecular formula is C14H20N2O6S. The van der Waals surface area contributed by atoms with Gasteiger partial charge in [0, 0.05) is 25.6 Å². The zero-order valence-corrected chi connectivity index (χ0v) is 13.5. The average molecular weight is 344 g/mol. The second-order valence-electron chi connectivity index (χ2n) is 6.53. The lowest BCUT2D eigenvalue weighted by molar-refractivity contribution is -0.149. The molecular weight excluding hydrogens is 324 g/mol. The van der Waals surface area contributed by atoms with E-state index in [1.807, 2.05) is 0 Å². The maximum Gasteiger partial charge on any atom is 0.326 e. The van der Waals surface area contributed by atoms with Gasteiger partial charge < -0.3 is 14.9 Å². The Bertz CT molecular complexity index is 646. The van der Waals surface area contributed by atoms with E-state index >= 15 is 0 Å². The molecule has 0 aromatic carbocycles. The number of aliphatic carboxylic acids is 1. The van der Waals surface area contributed by atoms with Gasteiger partial charge in [-0.3, -0.25) is 9.59 Å². The van der Waals surface area contributed by atoms with E-state index in [1.165, 1.54) is 9.80 Å². The number of nitrogens with zero attached hydrogens (tertiary/aromatic N) is 2. The molecule has 3 unspecified atom stereocenters. The third kappa shape index (κ3) is 3.06. The van der Waals surface area contributed by atoms with Crippen LogP contribution in [0.25, 0.3) is 0 Å². The fraction of sp³-hybridized carbons (Fsp3) is 0.786. The van der Waals surface area contributed by atoms with Crippen LogP contribution in [0.3, 0.4) is 0 Å². The Morgan fingerprint density at radius 3 is 2.57 bits per heavy atom. The summed E-state index contributed by atoms with van der Waals surface area (Å²) in [6.45, 7) is 0.596. The molecule has 8 nitrogen and oxygen atoms in total. The van der Waals surface area contributed by atoms with Crippen LogP contribution in [0, 0.1) is 5.92 Å². The second kappa shape index (κ2) is 5.77. The van der Waals surface area contributed by atoms with Gasteiger partial charge in [-0.1, -0.05) is 0 Å². The second-order valence-corrected chi connectivity index (χ2v) is 8.76. The highest BCUT2D eigenvalue weighted by atomic mass is 32.2. The molecule has 128 valence electrons. The van der Waals surface area contributed by atoms with Crippen LogP contribution in [-0.4, -0.2) is 77.8 Å². The third-order valence-corrected chi connectivity index (χ3v) is 6.73. The molecule has 3 fully saturated rings. The molecule has 2 amide bonds. The topological polar surface area (TPSA) is 112 Å². The van der Waals surface area contributed by atoms with Crippen molar-refractivity contribution >= 4 is 27.6 Å². The van der Waals surface area contributed by atoms with Crippen molar-refractivity contribution in [3.63, 3.8) is 0 Å². The van der Waals surface area contributed by atoms with E-state index in [-0.39, 0.29) is 42.3 Å². The Kier molecular flexibility index (Phi) is 4.07. The molecule has 3 heterocycles. The molecule has 3 atom stereocenters. The van der Waals surface area contributed by atoms with Crippen LogP contribution in [0.5, 0.6) is 0 Å².